The fourth-order valence-corrected chi connectivity index (χ4v) is 3.78. The first kappa shape index (κ1) is 17.2. The lowest BCUT2D eigenvalue weighted by atomic mass is 10.1. The van der Waals surface area contributed by atoms with Crippen LogP contribution in [-0.2, 0) is 11.3 Å². The number of ether oxygens (including phenoxy) is 1. The van der Waals surface area contributed by atoms with Gasteiger partial charge in [-0.1, -0.05) is 18.6 Å². The summed E-state index contributed by atoms with van der Waals surface area (Å²) < 4.78 is 5.15. The number of likely N-dealkylation sites (tertiary alicyclic amines) is 2. The Kier molecular flexibility index (Phi) is 6.10. The summed E-state index contributed by atoms with van der Waals surface area (Å²) in [5.41, 5.74) is 1.91. The highest BCUT2D eigenvalue weighted by Crippen LogP contribution is 2.21. The van der Waals surface area contributed by atoms with Crippen LogP contribution >= 0.6 is 0 Å². The SMILES string of the molecule is COCc1cccc(NC(=O)N2CCC(CN3CCCCC3)C2)c1. The van der Waals surface area contributed by atoms with E-state index in [1.807, 2.05) is 29.2 Å². The van der Waals surface area contributed by atoms with Gasteiger partial charge in [0.25, 0.3) is 0 Å². The Morgan fingerprint density at radius 3 is 2.88 bits per heavy atom. The zero-order valence-corrected chi connectivity index (χ0v) is 14.7. The average molecular weight is 331 g/mol. The molecule has 0 aromatic heterocycles. The summed E-state index contributed by atoms with van der Waals surface area (Å²) in [5, 5.41) is 3.02. The highest BCUT2D eigenvalue weighted by Gasteiger charge is 2.28. The number of rotatable bonds is 5. The minimum atomic E-state index is 0.0192. The van der Waals surface area contributed by atoms with Gasteiger partial charge in [0.05, 0.1) is 6.61 Å². The molecule has 5 heteroatoms. The molecule has 2 fully saturated rings. The van der Waals surface area contributed by atoms with E-state index in [1.165, 1.54) is 32.4 Å². The molecule has 3 rings (SSSR count). The third-order valence-electron chi connectivity index (χ3n) is 5.03. The van der Waals surface area contributed by atoms with Gasteiger partial charge in [0.1, 0.15) is 0 Å². The molecule has 1 aromatic carbocycles. The molecule has 2 amide bonds. The monoisotopic (exact) mass is 331 g/mol. The van der Waals surface area contributed by atoms with Crippen LogP contribution in [0.3, 0.4) is 0 Å². The molecule has 0 saturated carbocycles. The van der Waals surface area contributed by atoms with Gasteiger partial charge >= 0.3 is 6.03 Å². The predicted octanol–water partition coefficient (Wildman–Crippen LogP) is 3.17. The van der Waals surface area contributed by atoms with Crippen LogP contribution in [0.15, 0.2) is 24.3 Å². The minimum absolute atomic E-state index is 0.0192. The number of urea groups is 1. The second kappa shape index (κ2) is 8.49. The van der Waals surface area contributed by atoms with Gasteiger partial charge < -0.3 is 19.9 Å². The fourth-order valence-electron chi connectivity index (χ4n) is 3.78. The van der Waals surface area contributed by atoms with Gasteiger partial charge in [0, 0.05) is 32.4 Å². The molecular formula is C19H29N3O2. The Labute approximate surface area is 145 Å². The van der Waals surface area contributed by atoms with E-state index in [0.717, 1.165) is 37.3 Å². The van der Waals surface area contributed by atoms with E-state index in [-0.39, 0.29) is 6.03 Å². The number of nitrogens with one attached hydrogen (secondary N) is 1. The fraction of sp³-hybridized carbons (Fsp3) is 0.632. The molecule has 0 radical (unpaired) electrons. The van der Waals surface area contributed by atoms with Crippen molar-refractivity contribution in [1.82, 2.24) is 9.80 Å². The van der Waals surface area contributed by atoms with Gasteiger partial charge in [-0.3, -0.25) is 0 Å². The van der Waals surface area contributed by atoms with Gasteiger partial charge in [0.2, 0.25) is 0 Å². The largest absolute Gasteiger partial charge is 0.380 e. The maximum absolute atomic E-state index is 12.5. The van der Waals surface area contributed by atoms with Crippen LogP contribution in [-0.4, -0.2) is 55.7 Å². The maximum Gasteiger partial charge on any atom is 0.321 e. The number of methoxy groups -OCH3 is 1. The number of carbonyl (C=O) groups is 1. The first-order valence-corrected chi connectivity index (χ1v) is 9.11. The van der Waals surface area contributed by atoms with Crippen LogP contribution in [0, 0.1) is 5.92 Å². The molecule has 24 heavy (non-hydrogen) atoms. The molecule has 0 bridgehead atoms. The number of nitrogens with zero attached hydrogens (tertiary/aromatic N) is 2. The molecule has 2 aliphatic heterocycles. The van der Waals surface area contributed by atoms with Crippen molar-refractivity contribution >= 4 is 11.7 Å². The second-order valence-corrected chi connectivity index (χ2v) is 7.03. The Bertz CT molecular complexity index is 543. The summed E-state index contributed by atoms with van der Waals surface area (Å²) in [5.74, 6) is 0.619. The van der Waals surface area contributed by atoms with E-state index >= 15 is 0 Å². The molecule has 2 heterocycles. The van der Waals surface area contributed by atoms with Crippen molar-refractivity contribution in [2.24, 2.45) is 5.92 Å². The van der Waals surface area contributed by atoms with Crippen molar-refractivity contribution in [1.29, 1.82) is 0 Å². The zero-order valence-electron chi connectivity index (χ0n) is 14.7. The molecule has 132 valence electrons. The van der Waals surface area contributed by atoms with Crippen LogP contribution < -0.4 is 5.32 Å². The standard InChI is InChI=1S/C19H29N3O2/c1-24-15-16-6-5-7-18(12-16)20-19(23)22-11-8-17(14-22)13-21-9-3-2-4-10-21/h5-7,12,17H,2-4,8-11,13-15H2,1H3,(H,20,23). The molecule has 1 N–H and O–H groups in total. The molecule has 2 saturated heterocycles. The number of anilines is 1. The number of piperidine rings is 1. The van der Waals surface area contributed by atoms with Gasteiger partial charge in [-0.15, -0.1) is 0 Å². The van der Waals surface area contributed by atoms with Crippen LogP contribution in [0.1, 0.15) is 31.2 Å². The topological polar surface area (TPSA) is 44.8 Å². The summed E-state index contributed by atoms with van der Waals surface area (Å²) in [6, 6.07) is 7.88. The minimum Gasteiger partial charge on any atom is -0.380 e. The first-order valence-electron chi connectivity index (χ1n) is 9.11. The lowest BCUT2D eigenvalue weighted by molar-refractivity contribution is 0.185. The molecule has 0 spiro atoms. The summed E-state index contributed by atoms with van der Waals surface area (Å²) >= 11 is 0. The third kappa shape index (κ3) is 4.71. The predicted molar refractivity (Wildman–Crippen MR) is 96.1 cm³/mol. The normalized spacial score (nSPS) is 21.9. The summed E-state index contributed by atoms with van der Waals surface area (Å²) in [4.78, 5) is 17.0. The van der Waals surface area contributed by atoms with E-state index in [4.69, 9.17) is 4.74 Å². The van der Waals surface area contributed by atoms with Gasteiger partial charge in [0.15, 0.2) is 0 Å². The number of amides is 2. The smallest absolute Gasteiger partial charge is 0.321 e. The van der Waals surface area contributed by atoms with Crippen molar-refractivity contribution in [3.05, 3.63) is 29.8 Å². The quantitative estimate of drug-likeness (QED) is 0.901. The third-order valence-corrected chi connectivity index (χ3v) is 5.03. The van der Waals surface area contributed by atoms with Crippen molar-refractivity contribution in [3.8, 4) is 0 Å². The van der Waals surface area contributed by atoms with E-state index in [1.54, 1.807) is 7.11 Å². The molecule has 5 nitrogen and oxygen atoms in total. The average Bonchev–Trinajstić information content (AvgIpc) is 3.05. The zero-order chi connectivity index (χ0) is 16.8. The number of hydrogen-bond acceptors (Lipinski definition) is 3. The van der Waals surface area contributed by atoms with Gasteiger partial charge in [-0.25, -0.2) is 4.79 Å². The van der Waals surface area contributed by atoms with Crippen molar-refractivity contribution in [2.45, 2.75) is 32.3 Å². The van der Waals surface area contributed by atoms with E-state index in [2.05, 4.69) is 10.2 Å². The molecule has 2 aliphatic rings. The van der Waals surface area contributed by atoms with Crippen molar-refractivity contribution in [2.75, 3.05) is 45.2 Å². The second-order valence-electron chi connectivity index (χ2n) is 7.03. The van der Waals surface area contributed by atoms with Crippen LogP contribution in [0.5, 0.6) is 0 Å². The molecule has 1 aromatic rings. The molecular weight excluding hydrogens is 302 g/mol. The lowest BCUT2D eigenvalue weighted by Gasteiger charge is -2.29. The van der Waals surface area contributed by atoms with Gasteiger partial charge in [-0.2, -0.15) is 0 Å². The number of benzene rings is 1. The molecule has 1 atom stereocenters. The van der Waals surface area contributed by atoms with Crippen LogP contribution in [0.25, 0.3) is 0 Å². The summed E-state index contributed by atoms with van der Waals surface area (Å²) in [6.07, 6.45) is 5.15. The highest BCUT2D eigenvalue weighted by atomic mass is 16.5. The molecule has 1 unspecified atom stereocenters. The Balaban J connectivity index is 1.48. The Morgan fingerprint density at radius 2 is 2.08 bits per heavy atom. The van der Waals surface area contributed by atoms with E-state index in [0.29, 0.717) is 12.5 Å². The Hall–Kier alpha value is -1.59. The van der Waals surface area contributed by atoms with Crippen molar-refractivity contribution in [3.63, 3.8) is 0 Å². The highest BCUT2D eigenvalue weighted by molar-refractivity contribution is 5.89. The summed E-state index contributed by atoms with van der Waals surface area (Å²) in [6.45, 7) is 5.91. The van der Waals surface area contributed by atoms with Crippen LogP contribution in [0.2, 0.25) is 0 Å². The molecule has 0 aliphatic carbocycles. The van der Waals surface area contributed by atoms with Gasteiger partial charge in [-0.05, 0) is 56.0 Å². The van der Waals surface area contributed by atoms with E-state index < -0.39 is 0 Å². The van der Waals surface area contributed by atoms with E-state index in [9.17, 15) is 4.79 Å². The Morgan fingerprint density at radius 1 is 1.25 bits per heavy atom. The number of hydrogen-bond donors (Lipinski definition) is 1. The van der Waals surface area contributed by atoms with Crippen molar-refractivity contribution < 1.29 is 9.53 Å². The first-order chi connectivity index (χ1) is 11.7. The number of carbonyl (C=O) groups excluding carboxylic acids is 1. The van der Waals surface area contributed by atoms with Crippen LogP contribution in [0.4, 0.5) is 10.5 Å². The maximum atomic E-state index is 12.5. The lowest BCUT2D eigenvalue weighted by Crippen LogP contribution is -2.37. The summed E-state index contributed by atoms with van der Waals surface area (Å²) in [7, 11) is 1.68.